The van der Waals surface area contributed by atoms with Gasteiger partial charge in [-0.3, -0.25) is 9.59 Å². The number of benzene rings is 1. The van der Waals surface area contributed by atoms with Gasteiger partial charge in [0.15, 0.2) is 5.13 Å². The number of amides is 2. The molecular weight excluding hydrogens is 366 g/mol. The van der Waals surface area contributed by atoms with E-state index in [2.05, 4.69) is 48.5 Å². The SMILES string of the molecule is Cc1cc(C)c(-c2csc(NC(=O)CNC(=O)c3cccs3)n2)c(C)c1. The third-order valence-corrected chi connectivity index (χ3v) is 5.46. The summed E-state index contributed by atoms with van der Waals surface area (Å²) in [5.41, 5.74) is 5.48. The van der Waals surface area contributed by atoms with Crippen LogP contribution in [0.5, 0.6) is 0 Å². The standard InChI is InChI=1S/C19H19N3O2S2/c1-11-7-12(2)17(13(3)8-11)14-10-26-19(21-14)22-16(23)9-20-18(24)15-5-4-6-25-15/h4-8,10H,9H2,1-3H3,(H,20,24)(H,21,22,23). The molecule has 0 atom stereocenters. The lowest BCUT2D eigenvalue weighted by Crippen LogP contribution is -2.32. The highest BCUT2D eigenvalue weighted by Gasteiger charge is 2.13. The van der Waals surface area contributed by atoms with E-state index in [9.17, 15) is 9.59 Å². The van der Waals surface area contributed by atoms with Crippen molar-refractivity contribution in [2.45, 2.75) is 20.8 Å². The molecule has 0 saturated heterocycles. The predicted molar refractivity (Wildman–Crippen MR) is 107 cm³/mol. The van der Waals surface area contributed by atoms with Gasteiger partial charge in [-0.25, -0.2) is 4.98 Å². The second-order valence-electron chi connectivity index (χ2n) is 6.02. The molecule has 0 bridgehead atoms. The third-order valence-electron chi connectivity index (χ3n) is 3.84. The van der Waals surface area contributed by atoms with E-state index in [4.69, 9.17) is 0 Å². The summed E-state index contributed by atoms with van der Waals surface area (Å²) in [6, 6.07) is 7.77. The van der Waals surface area contributed by atoms with Crippen molar-refractivity contribution >= 4 is 39.6 Å². The predicted octanol–water partition coefficient (Wildman–Crippen LogP) is 4.17. The number of aromatic nitrogens is 1. The number of anilines is 1. The summed E-state index contributed by atoms with van der Waals surface area (Å²) in [7, 11) is 0. The first-order valence-electron chi connectivity index (χ1n) is 8.09. The summed E-state index contributed by atoms with van der Waals surface area (Å²) in [4.78, 5) is 29.0. The zero-order chi connectivity index (χ0) is 18.7. The minimum Gasteiger partial charge on any atom is -0.342 e. The average Bonchev–Trinajstić information content (AvgIpc) is 3.24. The Bertz CT molecular complexity index is 923. The Morgan fingerprint density at radius 2 is 1.85 bits per heavy atom. The fourth-order valence-electron chi connectivity index (χ4n) is 2.85. The number of hydrogen-bond acceptors (Lipinski definition) is 5. The van der Waals surface area contributed by atoms with Gasteiger partial charge < -0.3 is 10.6 Å². The number of thiophene rings is 1. The minimum atomic E-state index is -0.298. The Kier molecular flexibility index (Phi) is 5.49. The lowest BCUT2D eigenvalue weighted by Gasteiger charge is -2.08. The fraction of sp³-hybridized carbons (Fsp3) is 0.211. The molecule has 2 amide bonds. The van der Waals surface area contributed by atoms with Gasteiger partial charge in [-0.2, -0.15) is 0 Å². The number of nitrogens with one attached hydrogen (secondary N) is 2. The van der Waals surface area contributed by atoms with Crippen molar-refractivity contribution < 1.29 is 9.59 Å². The van der Waals surface area contributed by atoms with E-state index in [1.54, 1.807) is 12.1 Å². The number of carbonyl (C=O) groups excluding carboxylic acids is 2. The minimum absolute atomic E-state index is 0.0891. The maximum absolute atomic E-state index is 12.1. The van der Waals surface area contributed by atoms with Gasteiger partial charge in [0.1, 0.15) is 0 Å². The number of thiazole rings is 1. The first-order chi connectivity index (χ1) is 12.4. The van der Waals surface area contributed by atoms with E-state index in [1.165, 1.54) is 28.2 Å². The van der Waals surface area contributed by atoms with E-state index in [0.29, 0.717) is 10.0 Å². The molecule has 7 heteroatoms. The van der Waals surface area contributed by atoms with Crippen LogP contribution in [0.1, 0.15) is 26.4 Å². The van der Waals surface area contributed by atoms with Gasteiger partial charge in [-0.15, -0.1) is 22.7 Å². The quantitative estimate of drug-likeness (QED) is 0.693. The maximum atomic E-state index is 12.1. The molecule has 0 aliphatic rings. The molecule has 2 heterocycles. The van der Waals surface area contributed by atoms with Gasteiger partial charge in [0, 0.05) is 10.9 Å². The zero-order valence-electron chi connectivity index (χ0n) is 14.8. The lowest BCUT2D eigenvalue weighted by atomic mass is 9.98. The second kappa shape index (κ2) is 7.80. The Morgan fingerprint density at radius 3 is 2.50 bits per heavy atom. The average molecular weight is 386 g/mol. The molecule has 0 aliphatic heterocycles. The normalized spacial score (nSPS) is 10.6. The van der Waals surface area contributed by atoms with E-state index in [-0.39, 0.29) is 18.4 Å². The van der Waals surface area contributed by atoms with Crippen molar-refractivity contribution in [1.29, 1.82) is 0 Å². The molecule has 134 valence electrons. The van der Waals surface area contributed by atoms with Gasteiger partial charge in [0.2, 0.25) is 5.91 Å². The van der Waals surface area contributed by atoms with Crippen LogP contribution in [0.25, 0.3) is 11.3 Å². The van der Waals surface area contributed by atoms with Gasteiger partial charge in [-0.1, -0.05) is 23.8 Å². The Hall–Kier alpha value is -2.51. The highest BCUT2D eigenvalue weighted by molar-refractivity contribution is 7.14. The van der Waals surface area contributed by atoms with Crippen molar-refractivity contribution in [2.24, 2.45) is 0 Å². The van der Waals surface area contributed by atoms with Crippen molar-refractivity contribution in [3.8, 4) is 11.3 Å². The van der Waals surface area contributed by atoms with Crippen molar-refractivity contribution in [2.75, 3.05) is 11.9 Å². The molecule has 1 aromatic carbocycles. The zero-order valence-corrected chi connectivity index (χ0v) is 16.4. The Labute approximate surface area is 160 Å². The number of aryl methyl sites for hydroxylation is 3. The molecule has 2 N–H and O–H groups in total. The topological polar surface area (TPSA) is 71.1 Å². The monoisotopic (exact) mass is 385 g/mol. The molecule has 2 aromatic heterocycles. The largest absolute Gasteiger partial charge is 0.342 e. The van der Waals surface area contributed by atoms with E-state index < -0.39 is 0 Å². The number of rotatable bonds is 5. The molecule has 3 aromatic rings. The van der Waals surface area contributed by atoms with Crippen LogP contribution in [-0.2, 0) is 4.79 Å². The highest BCUT2D eigenvalue weighted by atomic mass is 32.1. The van der Waals surface area contributed by atoms with Gasteiger partial charge in [-0.05, 0) is 43.3 Å². The van der Waals surface area contributed by atoms with Crippen LogP contribution < -0.4 is 10.6 Å². The van der Waals surface area contributed by atoms with Gasteiger partial charge in [0.25, 0.3) is 5.91 Å². The molecule has 3 rings (SSSR count). The van der Waals surface area contributed by atoms with Crippen LogP contribution in [0, 0.1) is 20.8 Å². The molecule has 0 unspecified atom stereocenters. The summed E-state index contributed by atoms with van der Waals surface area (Å²) < 4.78 is 0. The maximum Gasteiger partial charge on any atom is 0.261 e. The van der Waals surface area contributed by atoms with Crippen molar-refractivity contribution in [3.63, 3.8) is 0 Å². The van der Waals surface area contributed by atoms with Crippen LogP contribution in [0.4, 0.5) is 5.13 Å². The first-order valence-corrected chi connectivity index (χ1v) is 9.85. The molecule has 26 heavy (non-hydrogen) atoms. The molecular formula is C19H19N3O2S2. The molecule has 0 spiro atoms. The third kappa shape index (κ3) is 4.17. The van der Waals surface area contributed by atoms with E-state index in [0.717, 1.165) is 22.4 Å². The van der Waals surface area contributed by atoms with Crippen LogP contribution in [0.15, 0.2) is 35.0 Å². The summed E-state index contributed by atoms with van der Waals surface area (Å²) in [5.74, 6) is -0.547. The lowest BCUT2D eigenvalue weighted by molar-refractivity contribution is -0.115. The summed E-state index contributed by atoms with van der Waals surface area (Å²) in [6.45, 7) is 6.11. The van der Waals surface area contributed by atoms with Crippen LogP contribution >= 0.6 is 22.7 Å². The summed E-state index contributed by atoms with van der Waals surface area (Å²) in [6.07, 6.45) is 0. The Morgan fingerprint density at radius 1 is 1.12 bits per heavy atom. The summed E-state index contributed by atoms with van der Waals surface area (Å²) in [5, 5.41) is 9.62. The first kappa shape index (κ1) is 18.3. The fourth-order valence-corrected chi connectivity index (χ4v) is 4.21. The molecule has 0 aliphatic carbocycles. The number of carbonyl (C=O) groups is 2. The van der Waals surface area contributed by atoms with E-state index in [1.807, 2.05) is 10.8 Å². The number of nitrogens with zero attached hydrogens (tertiary/aromatic N) is 1. The second-order valence-corrected chi connectivity index (χ2v) is 7.83. The highest BCUT2D eigenvalue weighted by Crippen LogP contribution is 2.30. The van der Waals surface area contributed by atoms with Crippen molar-refractivity contribution in [3.05, 3.63) is 56.6 Å². The Balaban J connectivity index is 1.63. The summed E-state index contributed by atoms with van der Waals surface area (Å²) >= 11 is 2.71. The molecule has 0 saturated carbocycles. The molecule has 0 radical (unpaired) electrons. The van der Waals surface area contributed by atoms with Crippen LogP contribution in [0.3, 0.4) is 0 Å². The smallest absolute Gasteiger partial charge is 0.261 e. The van der Waals surface area contributed by atoms with Crippen LogP contribution in [0.2, 0.25) is 0 Å². The molecule has 0 fully saturated rings. The van der Waals surface area contributed by atoms with Crippen LogP contribution in [-0.4, -0.2) is 23.3 Å². The van der Waals surface area contributed by atoms with E-state index >= 15 is 0 Å². The van der Waals surface area contributed by atoms with Gasteiger partial charge in [0.05, 0.1) is 17.1 Å². The number of hydrogen-bond donors (Lipinski definition) is 2. The molecule has 5 nitrogen and oxygen atoms in total. The van der Waals surface area contributed by atoms with Gasteiger partial charge >= 0.3 is 0 Å². The van der Waals surface area contributed by atoms with Crippen molar-refractivity contribution in [1.82, 2.24) is 10.3 Å².